The van der Waals surface area contributed by atoms with Crippen molar-refractivity contribution >= 4 is 33.8 Å². The van der Waals surface area contributed by atoms with Crippen molar-refractivity contribution in [3.05, 3.63) is 52.5 Å². The zero-order chi connectivity index (χ0) is 16.8. The first-order chi connectivity index (χ1) is 11.0. The molecule has 1 amide bonds. The molecule has 0 spiro atoms. The summed E-state index contributed by atoms with van der Waals surface area (Å²) in [5.74, 6) is 0.574. The van der Waals surface area contributed by atoms with Gasteiger partial charge in [0.25, 0.3) is 5.91 Å². The molecule has 1 atom stereocenters. The second kappa shape index (κ2) is 7.78. The minimum absolute atomic E-state index is 0.339. The largest absolute Gasteiger partial charge is 0.495 e. The van der Waals surface area contributed by atoms with Crippen LogP contribution in [0.15, 0.2) is 46.9 Å². The average molecular weight is 378 g/mol. The van der Waals surface area contributed by atoms with E-state index in [1.807, 2.05) is 6.07 Å². The van der Waals surface area contributed by atoms with Crippen LogP contribution in [0.5, 0.6) is 11.5 Å². The summed E-state index contributed by atoms with van der Waals surface area (Å²) in [5, 5.41) is 2.74. The van der Waals surface area contributed by atoms with Crippen molar-refractivity contribution in [1.82, 2.24) is 0 Å². The molecule has 0 radical (unpaired) electrons. The highest BCUT2D eigenvalue weighted by molar-refractivity contribution is 9.10. The number of carbonyl (C=O) groups is 2. The van der Waals surface area contributed by atoms with E-state index in [-0.39, 0.29) is 5.91 Å². The molecule has 1 N–H and O–H groups in total. The van der Waals surface area contributed by atoms with Crippen LogP contribution in [-0.2, 0) is 4.79 Å². The van der Waals surface area contributed by atoms with Crippen LogP contribution in [-0.4, -0.2) is 25.4 Å². The Labute approximate surface area is 142 Å². The Bertz CT molecular complexity index is 717. The highest BCUT2D eigenvalue weighted by Crippen LogP contribution is 2.25. The fraction of sp³-hybridized carbons (Fsp3) is 0.176. The van der Waals surface area contributed by atoms with Gasteiger partial charge in [-0.1, -0.05) is 28.1 Å². The smallest absolute Gasteiger partial charge is 0.265 e. The van der Waals surface area contributed by atoms with Crippen LogP contribution in [0.2, 0.25) is 0 Å². The Balaban J connectivity index is 2.10. The molecule has 0 saturated heterocycles. The lowest BCUT2D eigenvalue weighted by atomic mass is 10.2. The number of hydrogen-bond acceptors (Lipinski definition) is 4. The Morgan fingerprint density at radius 1 is 1.22 bits per heavy atom. The Kier molecular flexibility index (Phi) is 5.76. The molecule has 0 fully saturated rings. The summed E-state index contributed by atoms with van der Waals surface area (Å²) in [6, 6.07) is 12.1. The van der Waals surface area contributed by atoms with Gasteiger partial charge in [-0.25, -0.2) is 0 Å². The Morgan fingerprint density at radius 2 is 1.96 bits per heavy atom. The third-order valence-corrected chi connectivity index (χ3v) is 3.63. The molecule has 2 aromatic carbocycles. The number of halogens is 1. The number of anilines is 1. The highest BCUT2D eigenvalue weighted by atomic mass is 79.9. The molecule has 120 valence electrons. The molecule has 23 heavy (non-hydrogen) atoms. The van der Waals surface area contributed by atoms with E-state index in [1.54, 1.807) is 43.3 Å². The predicted molar refractivity (Wildman–Crippen MR) is 91.2 cm³/mol. The lowest BCUT2D eigenvalue weighted by molar-refractivity contribution is -0.122. The standard InChI is InChI=1S/C17H16BrNO4/c1-11(23-15-8-7-13(18)9-12(15)10-20)17(21)19-14-5-3-4-6-16(14)22-2/h3-11H,1-2H3,(H,19,21)/t11-/m1/s1. The van der Waals surface area contributed by atoms with Gasteiger partial charge in [-0.2, -0.15) is 0 Å². The zero-order valence-electron chi connectivity index (χ0n) is 12.7. The molecule has 0 aliphatic carbocycles. The fourth-order valence-corrected chi connectivity index (χ4v) is 2.32. The van der Waals surface area contributed by atoms with Crippen molar-refractivity contribution in [1.29, 1.82) is 0 Å². The Morgan fingerprint density at radius 3 is 2.65 bits per heavy atom. The lowest BCUT2D eigenvalue weighted by Crippen LogP contribution is -2.30. The monoisotopic (exact) mass is 377 g/mol. The van der Waals surface area contributed by atoms with Crippen LogP contribution in [0.4, 0.5) is 5.69 Å². The van der Waals surface area contributed by atoms with Gasteiger partial charge in [0.15, 0.2) is 12.4 Å². The van der Waals surface area contributed by atoms with E-state index in [1.165, 1.54) is 7.11 Å². The molecule has 6 heteroatoms. The third-order valence-electron chi connectivity index (χ3n) is 3.14. The van der Waals surface area contributed by atoms with E-state index in [0.29, 0.717) is 29.0 Å². The van der Waals surface area contributed by atoms with Gasteiger partial charge in [0.05, 0.1) is 18.4 Å². The quantitative estimate of drug-likeness (QED) is 0.779. The van der Waals surface area contributed by atoms with Gasteiger partial charge in [0.2, 0.25) is 0 Å². The molecular weight excluding hydrogens is 362 g/mol. The van der Waals surface area contributed by atoms with Gasteiger partial charge in [-0.3, -0.25) is 9.59 Å². The van der Waals surface area contributed by atoms with E-state index in [4.69, 9.17) is 9.47 Å². The van der Waals surface area contributed by atoms with Crippen molar-refractivity contribution in [2.75, 3.05) is 12.4 Å². The summed E-state index contributed by atoms with van der Waals surface area (Å²) in [7, 11) is 1.53. The van der Waals surface area contributed by atoms with Gasteiger partial charge in [-0.05, 0) is 37.3 Å². The normalized spacial score (nSPS) is 11.4. The van der Waals surface area contributed by atoms with Gasteiger partial charge in [0.1, 0.15) is 11.5 Å². The maximum absolute atomic E-state index is 12.3. The minimum atomic E-state index is -0.778. The Hall–Kier alpha value is -2.34. The minimum Gasteiger partial charge on any atom is -0.495 e. The number of hydrogen-bond donors (Lipinski definition) is 1. The van der Waals surface area contributed by atoms with Gasteiger partial charge in [0, 0.05) is 4.47 Å². The summed E-state index contributed by atoms with van der Waals surface area (Å²) >= 11 is 3.28. The van der Waals surface area contributed by atoms with E-state index < -0.39 is 6.10 Å². The molecule has 0 aliphatic rings. The van der Waals surface area contributed by atoms with Crippen molar-refractivity contribution in [3.63, 3.8) is 0 Å². The first-order valence-corrected chi connectivity index (χ1v) is 7.69. The molecule has 0 heterocycles. The van der Waals surface area contributed by atoms with Crippen LogP contribution in [0.3, 0.4) is 0 Å². The average Bonchev–Trinajstić information content (AvgIpc) is 2.56. The van der Waals surface area contributed by atoms with Crippen LogP contribution >= 0.6 is 15.9 Å². The highest BCUT2D eigenvalue weighted by Gasteiger charge is 2.18. The van der Waals surface area contributed by atoms with Gasteiger partial charge < -0.3 is 14.8 Å². The van der Waals surface area contributed by atoms with E-state index in [9.17, 15) is 9.59 Å². The molecule has 2 rings (SSSR count). The van der Waals surface area contributed by atoms with E-state index in [0.717, 1.165) is 4.47 Å². The molecule has 0 aromatic heterocycles. The third kappa shape index (κ3) is 4.32. The number of benzene rings is 2. The van der Waals surface area contributed by atoms with Crippen LogP contribution < -0.4 is 14.8 Å². The van der Waals surface area contributed by atoms with Gasteiger partial charge >= 0.3 is 0 Å². The maximum Gasteiger partial charge on any atom is 0.265 e. The van der Waals surface area contributed by atoms with Crippen LogP contribution in [0.1, 0.15) is 17.3 Å². The van der Waals surface area contributed by atoms with E-state index in [2.05, 4.69) is 21.2 Å². The zero-order valence-corrected chi connectivity index (χ0v) is 14.3. The number of rotatable bonds is 6. The first kappa shape index (κ1) is 17.0. The second-order valence-electron chi connectivity index (χ2n) is 4.75. The second-order valence-corrected chi connectivity index (χ2v) is 5.67. The topological polar surface area (TPSA) is 64.6 Å². The van der Waals surface area contributed by atoms with Gasteiger partial charge in [-0.15, -0.1) is 0 Å². The number of ether oxygens (including phenoxy) is 2. The van der Waals surface area contributed by atoms with Crippen LogP contribution in [0.25, 0.3) is 0 Å². The summed E-state index contributed by atoms with van der Waals surface area (Å²) in [6.07, 6.45) is -0.0925. The number of para-hydroxylation sites is 2. The first-order valence-electron chi connectivity index (χ1n) is 6.90. The number of carbonyl (C=O) groups excluding carboxylic acids is 2. The summed E-state index contributed by atoms with van der Waals surface area (Å²) in [5.41, 5.74) is 0.929. The summed E-state index contributed by atoms with van der Waals surface area (Å²) < 4.78 is 11.5. The molecular formula is C17H16BrNO4. The molecule has 2 aromatic rings. The summed E-state index contributed by atoms with van der Waals surface area (Å²) in [4.78, 5) is 23.3. The number of amides is 1. The molecule has 0 bridgehead atoms. The fourth-order valence-electron chi connectivity index (χ4n) is 1.94. The number of nitrogens with one attached hydrogen (secondary N) is 1. The molecule has 5 nitrogen and oxygen atoms in total. The molecule has 0 aliphatic heterocycles. The number of methoxy groups -OCH3 is 1. The lowest BCUT2D eigenvalue weighted by Gasteiger charge is -2.17. The van der Waals surface area contributed by atoms with Crippen molar-refractivity contribution < 1.29 is 19.1 Å². The number of aldehydes is 1. The van der Waals surface area contributed by atoms with Crippen molar-refractivity contribution in [3.8, 4) is 11.5 Å². The predicted octanol–water partition coefficient (Wildman–Crippen LogP) is 3.68. The van der Waals surface area contributed by atoms with Crippen molar-refractivity contribution in [2.45, 2.75) is 13.0 Å². The van der Waals surface area contributed by atoms with Crippen molar-refractivity contribution in [2.24, 2.45) is 0 Å². The SMILES string of the molecule is COc1ccccc1NC(=O)[C@@H](C)Oc1ccc(Br)cc1C=O. The van der Waals surface area contributed by atoms with Crippen LogP contribution in [0, 0.1) is 0 Å². The summed E-state index contributed by atoms with van der Waals surface area (Å²) in [6.45, 7) is 1.61. The van der Waals surface area contributed by atoms with E-state index >= 15 is 0 Å². The molecule has 0 saturated carbocycles. The molecule has 0 unspecified atom stereocenters. The maximum atomic E-state index is 12.3.